The van der Waals surface area contributed by atoms with E-state index in [1.165, 1.54) is 17.9 Å². The first kappa shape index (κ1) is 34.5. The van der Waals surface area contributed by atoms with Crippen molar-refractivity contribution in [2.24, 2.45) is 0 Å². The Morgan fingerprint density at radius 1 is 0.978 bits per heavy atom. The second-order valence-electron chi connectivity index (χ2n) is 11.3. The Morgan fingerprint density at radius 2 is 1.54 bits per heavy atom. The number of hydrogen-bond acceptors (Lipinski definition) is 5. The van der Waals surface area contributed by atoms with Gasteiger partial charge in [-0.25, -0.2) is 4.79 Å². The molecule has 13 heteroatoms. The lowest BCUT2D eigenvalue weighted by Crippen LogP contribution is -2.64. The standard InChI is InChI=1S/C33H32F6N2O5/c1-3-14-30(41(43)44)15-16-31(26-12-8-5-9-13-26,40(21-30)29(42)45-20-24-10-6-4-7-11-24)22-46-23(2)25-17-27(32(34,35)36)19-28(18-25)33(37,38)39/h3-13,17-19,23H,1,14-16,20-22H2,2H3/t23-,30-,31-/m1/s1. The summed E-state index contributed by atoms with van der Waals surface area (Å²) in [4.78, 5) is 27.0. The van der Waals surface area contributed by atoms with Crippen molar-refractivity contribution in [3.8, 4) is 0 Å². The van der Waals surface area contributed by atoms with Crippen LogP contribution in [0.3, 0.4) is 0 Å². The van der Waals surface area contributed by atoms with E-state index in [9.17, 15) is 41.3 Å². The van der Waals surface area contributed by atoms with E-state index in [0.717, 1.165) is 0 Å². The molecule has 0 spiro atoms. The first-order chi connectivity index (χ1) is 21.6. The third kappa shape index (κ3) is 7.52. The molecule has 1 saturated heterocycles. The molecular formula is C33H32F6N2O5. The minimum atomic E-state index is -5.05. The predicted molar refractivity (Wildman–Crippen MR) is 156 cm³/mol. The monoisotopic (exact) mass is 650 g/mol. The first-order valence-electron chi connectivity index (χ1n) is 14.3. The third-order valence-electron chi connectivity index (χ3n) is 8.27. The molecule has 0 radical (unpaired) electrons. The Morgan fingerprint density at radius 3 is 2.07 bits per heavy atom. The number of ether oxygens (including phenoxy) is 2. The molecule has 46 heavy (non-hydrogen) atoms. The largest absolute Gasteiger partial charge is 0.445 e. The number of nitrogens with zero attached hydrogens (tertiary/aromatic N) is 2. The summed E-state index contributed by atoms with van der Waals surface area (Å²) < 4.78 is 93.0. The first-order valence-corrected chi connectivity index (χ1v) is 14.3. The van der Waals surface area contributed by atoms with Gasteiger partial charge in [0.25, 0.3) is 0 Å². The molecule has 4 rings (SSSR count). The lowest BCUT2D eigenvalue weighted by atomic mass is 9.74. The number of carbonyl (C=O) groups excluding carboxylic acids is 1. The van der Waals surface area contributed by atoms with Crippen LogP contribution >= 0.6 is 0 Å². The average molecular weight is 651 g/mol. The number of likely N-dealkylation sites (tertiary alicyclic amines) is 1. The number of nitro groups is 1. The van der Waals surface area contributed by atoms with Gasteiger partial charge in [0.15, 0.2) is 0 Å². The minimum absolute atomic E-state index is 0.0318. The van der Waals surface area contributed by atoms with Crippen molar-refractivity contribution in [3.63, 3.8) is 0 Å². The lowest BCUT2D eigenvalue weighted by Gasteiger charge is -2.50. The van der Waals surface area contributed by atoms with Crippen molar-refractivity contribution < 1.29 is 45.5 Å². The maximum Gasteiger partial charge on any atom is 0.416 e. The molecular weight excluding hydrogens is 618 g/mol. The molecule has 3 aromatic carbocycles. The molecule has 0 bridgehead atoms. The molecule has 0 aromatic heterocycles. The van der Waals surface area contributed by atoms with E-state index < -0.39 is 64.8 Å². The number of halogens is 6. The van der Waals surface area contributed by atoms with Crippen LogP contribution < -0.4 is 0 Å². The van der Waals surface area contributed by atoms with E-state index >= 15 is 0 Å². The van der Waals surface area contributed by atoms with Crippen LogP contribution in [-0.2, 0) is 34.0 Å². The van der Waals surface area contributed by atoms with Gasteiger partial charge < -0.3 is 9.47 Å². The summed E-state index contributed by atoms with van der Waals surface area (Å²) >= 11 is 0. The molecule has 0 saturated carbocycles. The fraction of sp³-hybridized carbons (Fsp3) is 0.364. The summed E-state index contributed by atoms with van der Waals surface area (Å²) in [6.07, 6.45) is -11.1. The Balaban J connectivity index is 1.75. The van der Waals surface area contributed by atoms with Crippen LogP contribution in [0.2, 0.25) is 0 Å². The second-order valence-corrected chi connectivity index (χ2v) is 11.3. The zero-order valence-corrected chi connectivity index (χ0v) is 24.8. The quantitative estimate of drug-likeness (QED) is 0.0949. The highest BCUT2D eigenvalue weighted by Gasteiger charge is 2.57. The molecule has 1 aliphatic heterocycles. The fourth-order valence-electron chi connectivity index (χ4n) is 5.65. The molecule has 7 nitrogen and oxygen atoms in total. The summed E-state index contributed by atoms with van der Waals surface area (Å²) in [6, 6.07) is 18.3. The van der Waals surface area contributed by atoms with Crippen LogP contribution in [0.1, 0.15) is 60.1 Å². The van der Waals surface area contributed by atoms with Gasteiger partial charge in [-0.2, -0.15) is 26.3 Å². The fourth-order valence-corrected chi connectivity index (χ4v) is 5.65. The summed E-state index contributed by atoms with van der Waals surface area (Å²) in [5.74, 6) is 0. The molecule has 1 fully saturated rings. The Hall–Kier alpha value is -4.39. The van der Waals surface area contributed by atoms with Gasteiger partial charge in [-0.1, -0.05) is 66.7 Å². The van der Waals surface area contributed by atoms with Gasteiger partial charge in [0.2, 0.25) is 5.54 Å². The highest BCUT2D eigenvalue weighted by molar-refractivity contribution is 5.70. The molecule has 1 amide bonds. The number of rotatable bonds is 10. The van der Waals surface area contributed by atoms with E-state index in [1.54, 1.807) is 60.7 Å². The van der Waals surface area contributed by atoms with E-state index in [0.29, 0.717) is 23.3 Å². The summed E-state index contributed by atoms with van der Waals surface area (Å²) in [7, 11) is 0. The molecule has 1 aliphatic rings. The predicted octanol–water partition coefficient (Wildman–Crippen LogP) is 8.72. The Labute approximate surface area is 261 Å². The van der Waals surface area contributed by atoms with Crippen LogP contribution in [0.4, 0.5) is 31.1 Å². The van der Waals surface area contributed by atoms with Crippen LogP contribution in [0.15, 0.2) is 91.5 Å². The third-order valence-corrected chi connectivity index (χ3v) is 8.27. The highest BCUT2D eigenvalue weighted by atomic mass is 19.4. The zero-order chi connectivity index (χ0) is 33.8. The SMILES string of the molecule is C=CC[C@@]1([N+](=O)[O-])CC[C@@](CO[C@H](C)c2cc(C(F)(F)F)cc(C(F)(F)F)c2)(c2ccccc2)N(C(=O)OCc2ccccc2)C1. The number of hydrogen-bond donors (Lipinski definition) is 0. The van der Waals surface area contributed by atoms with Crippen molar-refractivity contribution in [1.29, 1.82) is 0 Å². The van der Waals surface area contributed by atoms with Crippen LogP contribution in [-0.4, -0.2) is 34.6 Å². The van der Waals surface area contributed by atoms with Crippen LogP contribution in [0, 0.1) is 10.1 Å². The van der Waals surface area contributed by atoms with Crippen LogP contribution in [0.25, 0.3) is 0 Å². The van der Waals surface area contributed by atoms with Crippen molar-refractivity contribution in [3.05, 3.63) is 129 Å². The Bertz CT molecular complexity index is 1500. The summed E-state index contributed by atoms with van der Waals surface area (Å²) in [5, 5.41) is 12.4. The maximum atomic E-state index is 13.8. The van der Waals surface area contributed by atoms with Crippen molar-refractivity contribution in [2.75, 3.05) is 13.2 Å². The zero-order valence-electron chi connectivity index (χ0n) is 24.8. The van der Waals surface area contributed by atoms with Gasteiger partial charge in [0.1, 0.15) is 6.61 Å². The topological polar surface area (TPSA) is 81.9 Å². The van der Waals surface area contributed by atoms with E-state index in [4.69, 9.17) is 9.47 Å². The van der Waals surface area contributed by atoms with Crippen molar-refractivity contribution in [1.82, 2.24) is 4.90 Å². The van der Waals surface area contributed by atoms with Crippen molar-refractivity contribution in [2.45, 2.75) is 62.3 Å². The lowest BCUT2D eigenvalue weighted by molar-refractivity contribution is -0.575. The smallest absolute Gasteiger partial charge is 0.416 e. The normalized spacial score (nSPS) is 21.0. The number of alkyl halides is 6. The molecule has 3 atom stereocenters. The highest BCUT2D eigenvalue weighted by Crippen LogP contribution is 2.45. The van der Waals surface area contributed by atoms with Gasteiger partial charge in [0, 0.05) is 17.8 Å². The van der Waals surface area contributed by atoms with Gasteiger partial charge >= 0.3 is 18.4 Å². The maximum absolute atomic E-state index is 13.8. The molecule has 3 aromatic rings. The molecule has 0 unspecified atom stereocenters. The van der Waals surface area contributed by atoms with E-state index in [2.05, 4.69) is 6.58 Å². The Kier molecular flexibility index (Phi) is 10.1. The van der Waals surface area contributed by atoms with Crippen LogP contribution in [0.5, 0.6) is 0 Å². The van der Waals surface area contributed by atoms with Gasteiger partial charge in [-0.3, -0.25) is 15.0 Å². The van der Waals surface area contributed by atoms with Crippen molar-refractivity contribution >= 4 is 6.09 Å². The molecule has 1 heterocycles. The number of carbonyl (C=O) groups is 1. The van der Waals surface area contributed by atoms with Gasteiger partial charge in [0.05, 0.1) is 35.9 Å². The second kappa shape index (κ2) is 13.5. The van der Waals surface area contributed by atoms with E-state index in [-0.39, 0.29) is 37.5 Å². The average Bonchev–Trinajstić information content (AvgIpc) is 3.02. The van der Waals surface area contributed by atoms with Gasteiger partial charge in [-0.05, 0) is 48.2 Å². The molecule has 246 valence electrons. The number of amides is 1. The number of benzene rings is 3. The molecule has 0 aliphatic carbocycles. The molecule has 0 N–H and O–H groups in total. The van der Waals surface area contributed by atoms with Gasteiger partial charge in [-0.15, -0.1) is 6.58 Å². The minimum Gasteiger partial charge on any atom is -0.445 e. The number of piperidine rings is 1. The summed E-state index contributed by atoms with van der Waals surface area (Å²) in [6.45, 7) is 3.94. The van der Waals surface area contributed by atoms with E-state index in [1.807, 2.05) is 0 Å². The summed E-state index contributed by atoms with van der Waals surface area (Å²) in [5.41, 5.74) is -5.28.